The van der Waals surface area contributed by atoms with Crippen LogP contribution in [0.1, 0.15) is 46.0 Å². The largest absolute Gasteiger partial charge is 0.394 e. The third-order valence-corrected chi connectivity index (χ3v) is 4.82. The van der Waals surface area contributed by atoms with Crippen LogP contribution >= 0.6 is 0 Å². The Balaban J connectivity index is 2.38. The molecule has 0 aromatic carbocycles. The monoisotopic (exact) mass is 299 g/mol. The average Bonchev–Trinajstić information content (AvgIpc) is 2.78. The summed E-state index contributed by atoms with van der Waals surface area (Å²) in [5.74, 6) is 0.612. The maximum Gasteiger partial charge on any atom is 0.0616 e. The van der Waals surface area contributed by atoms with Gasteiger partial charge in [0.1, 0.15) is 0 Å². The van der Waals surface area contributed by atoms with Gasteiger partial charge in [-0.05, 0) is 72.4 Å². The van der Waals surface area contributed by atoms with Crippen LogP contribution in [0.25, 0.3) is 0 Å². The summed E-state index contributed by atoms with van der Waals surface area (Å²) in [7, 11) is 6.48. The van der Waals surface area contributed by atoms with Gasteiger partial charge in [0.05, 0.1) is 6.61 Å². The number of aliphatic hydroxyl groups is 1. The first kappa shape index (κ1) is 18.9. The summed E-state index contributed by atoms with van der Waals surface area (Å²) < 4.78 is 0. The van der Waals surface area contributed by atoms with Crippen molar-refractivity contribution >= 4 is 0 Å². The van der Waals surface area contributed by atoms with Crippen LogP contribution in [0.5, 0.6) is 0 Å². The summed E-state index contributed by atoms with van der Waals surface area (Å²) in [4.78, 5) is 4.69. The molecule has 2 unspecified atom stereocenters. The lowest BCUT2D eigenvalue weighted by atomic mass is 9.84. The standard InChI is InChI=1S/C17H37N3O/c1-15(2)18-17(14-21)10-6-8-16(17)9-13-20(5)12-7-11-19(3)4/h15-16,18,21H,6-14H2,1-5H3. The highest BCUT2D eigenvalue weighted by molar-refractivity contribution is 4.99. The van der Waals surface area contributed by atoms with Gasteiger partial charge in [0.2, 0.25) is 0 Å². The van der Waals surface area contributed by atoms with Crippen molar-refractivity contribution in [3.8, 4) is 0 Å². The van der Waals surface area contributed by atoms with E-state index in [1.165, 1.54) is 25.7 Å². The molecule has 21 heavy (non-hydrogen) atoms. The van der Waals surface area contributed by atoms with Crippen molar-refractivity contribution in [1.29, 1.82) is 0 Å². The minimum Gasteiger partial charge on any atom is -0.394 e. The minimum atomic E-state index is -0.0291. The molecule has 2 atom stereocenters. The van der Waals surface area contributed by atoms with Crippen molar-refractivity contribution in [2.75, 3.05) is 47.4 Å². The molecule has 1 saturated carbocycles. The summed E-state index contributed by atoms with van der Waals surface area (Å²) in [6, 6.07) is 0.440. The predicted octanol–water partition coefficient (Wildman–Crippen LogP) is 1.79. The van der Waals surface area contributed by atoms with Gasteiger partial charge < -0.3 is 20.2 Å². The molecule has 1 aliphatic rings. The van der Waals surface area contributed by atoms with Crippen LogP contribution in [0.3, 0.4) is 0 Å². The van der Waals surface area contributed by atoms with E-state index in [0.29, 0.717) is 12.0 Å². The summed E-state index contributed by atoms with van der Waals surface area (Å²) in [6.45, 7) is 8.10. The van der Waals surface area contributed by atoms with Gasteiger partial charge >= 0.3 is 0 Å². The molecule has 0 bridgehead atoms. The van der Waals surface area contributed by atoms with Crippen LogP contribution in [0.4, 0.5) is 0 Å². The molecule has 0 amide bonds. The molecule has 0 heterocycles. The average molecular weight is 300 g/mol. The number of nitrogens with one attached hydrogen (secondary N) is 1. The first-order chi connectivity index (χ1) is 9.89. The smallest absolute Gasteiger partial charge is 0.0616 e. The molecule has 0 aliphatic heterocycles. The summed E-state index contributed by atoms with van der Waals surface area (Å²) >= 11 is 0. The van der Waals surface area contributed by atoms with E-state index in [1.54, 1.807) is 0 Å². The van der Waals surface area contributed by atoms with E-state index >= 15 is 0 Å². The maximum atomic E-state index is 9.92. The minimum absolute atomic E-state index is 0.0291. The fraction of sp³-hybridized carbons (Fsp3) is 1.00. The Bertz CT molecular complexity index is 283. The number of hydrogen-bond donors (Lipinski definition) is 2. The van der Waals surface area contributed by atoms with Crippen molar-refractivity contribution in [1.82, 2.24) is 15.1 Å². The SMILES string of the molecule is CC(C)NC1(CO)CCCC1CCN(C)CCCN(C)C. The van der Waals surface area contributed by atoms with Gasteiger partial charge in [0.25, 0.3) is 0 Å². The molecule has 1 fully saturated rings. The maximum absolute atomic E-state index is 9.92. The van der Waals surface area contributed by atoms with Gasteiger partial charge in [0, 0.05) is 11.6 Å². The van der Waals surface area contributed by atoms with Gasteiger partial charge in [-0.2, -0.15) is 0 Å². The highest BCUT2D eigenvalue weighted by Gasteiger charge is 2.42. The third kappa shape index (κ3) is 6.23. The Morgan fingerprint density at radius 1 is 1.19 bits per heavy atom. The quantitative estimate of drug-likeness (QED) is 0.645. The predicted molar refractivity (Wildman–Crippen MR) is 90.7 cm³/mol. The van der Waals surface area contributed by atoms with Crippen LogP contribution in [-0.2, 0) is 0 Å². The lowest BCUT2D eigenvalue weighted by Gasteiger charge is -2.37. The van der Waals surface area contributed by atoms with Crippen LogP contribution < -0.4 is 5.32 Å². The van der Waals surface area contributed by atoms with Gasteiger partial charge in [-0.25, -0.2) is 0 Å². The Labute approximate surface area is 131 Å². The van der Waals surface area contributed by atoms with E-state index < -0.39 is 0 Å². The molecule has 4 nitrogen and oxygen atoms in total. The second-order valence-electron chi connectivity index (χ2n) is 7.45. The highest BCUT2D eigenvalue weighted by Crippen LogP contribution is 2.38. The van der Waals surface area contributed by atoms with Gasteiger partial charge in [0.15, 0.2) is 0 Å². The van der Waals surface area contributed by atoms with Crippen molar-refractivity contribution in [3.05, 3.63) is 0 Å². The van der Waals surface area contributed by atoms with Gasteiger partial charge in [-0.3, -0.25) is 0 Å². The van der Waals surface area contributed by atoms with Crippen LogP contribution in [0, 0.1) is 5.92 Å². The highest BCUT2D eigenvalue weighted by atomic mass is 16.3. The van der Waals surface area contributed by atoms with Crippen molar-refractivity contribution in [2.24, 2.45) is 5.92 Å². The summed E-state index contributed by atoms with van der Waals surface area (Å²) in [5.41, 5.74) is -0.0291. The van der Waals surface area contributed by atoms with Crippen molar-refractivity contribution in [2.45, 2.75) is 57.5 Å². The van der Waals surface area contributed by atoms with Crippen molar-refractivity contribution < 1.29 is 5.11 Å². The zero-order chi connectivity index (χ0) is 15.9. The zero-order valence-corrected chi connectivity index (χ0v) is 14.9. The van der Waals surface area contributed by atoms with E-state index in [1.807, 2.05) is 0 Å². The number of aliphatic hydroxyl groups excluding tert-OH is 1. The molecule has 126 valence electrons. The van der Waals surface area contributed by atoms with E-state index in [0.717, 1.165) is 26.1 Å². The molecule has 0 radical (unpaired) electrons. The second-order valence-corrected chi connectivity index (χ2v) is 7.45. The fourth-order valence-corrected chi connectivity index (χ4v) is 3.73. The van der Waals surface area contributed by atoms with Crippen LogP contribution in [0.2, 0.25) is 0 Å². The second kappa shape index (κ2) is 9.09. The molecular weight excluding hydrogens is 262 g/mol. The topological polar surface area (TPSA) is 38.7 Å². The molecule has 0 saturated heterocycles. The molecule has 4 heteroatoms. The summed E-state index contributed by atoms with van der Waals surface area (Å²) in [5, 5.41) is 13.6. The van der Waals surface area contributed by atoms with E-state index in [-0.39, 0.29) is 12.1 Å². The number of hydrogen-bond acceptors (Lipinski definition) is 4. The molecule has 0 aromatic heterocycles. The lowest BCUT2D eigenvalue weighted by molar-refractivity contribution is 0.105. The Hall–Kier alpha value is -0.160. The first-order valence-corrected chi connectivity index (χ1v) is 8.61. The van der Waals surface area contributed by atoms with E-state index in [2.05, 4.69) is 50.1 Å². The number of nitrogens with zero attached hydrogens (tertiary/aromatic N) is 2. The molecule has 1 rings (SSSR count). The summed E-state index contributed by atoms with van der Waals surface area (Å²) in [6.07, 6.45) is 6.04. The van der Waals surface area contributed by atoms with E-state index in [4.69, 9.17) is 0 Å². The molecule has 1 aliphatic carbocycles. The Morgan fingerprint density at radius 3 is 2.48 bits per heavy atom. The van der Waals surface area contributed by atoms with Gasteiger partial charge in [-0.15, -0.1) is 0 Å². The molecular formula is C17H37N3O. The molecule has 0 spiro atoms. The van der Waals surface area contributed by atoms with Gasteiger partial charge in [-0.1, -0.05) is 20.3 Å². The van der Waals surface area contributed by atoms with Crippen molar-refractivity contribution in [3.63, 3.8) is 0 Å². The molecule has 0 aromatic rings. The third-order valence-electron chi connectivity index (χ3n) is 4.82. The van der Waals surface area contributed by atoms with Crippen LogP contribution in [0.15, 0.2) is 0 Å². The van der Waals surface area contributed by atoms with Crippen LogP contribution in [-0.4, -0.2) is 73.9 Å². The fourth-order valence-electron chi connectivity index (χ4n) is 3.73. The molecule has 2 N–H and O–H groups in total. The first-order valence-electron chi connectivity index (χ1n) is 8.61. The lowest BCUT2D eigenvalue weighted by Crippen LogP contribution is -2.54. The number of rotatable bonds is 10. The van der Waals surface area contributed by atoms with E-state index in [9.17, 15) is 5.11 Å². The Kier molecular flexibility index (Phi) is 8.17. The normalized spacial score (nSPS) is 26.4. The Morgan fingerprint density at radius 2 is 1.90 bits per heavy atom. The zero-order valence-electron chi connectivity index (χ0n) is 14.9.